The van der Waals surface area contributed by atoms with Gasteiger partial charge in [0.05, 0.1) is 38.4 Å². The molecule has 2 rings (SSSR count). The summed E-state index contributed by atoms with van der Waals surface area (Å²) in [5.41, 5.74) is 0.256. The fourth-order valence-corrected chi connectivity index (χ4v) is 2.38. The average molecular weight is 365 g/mol. The van der Waals surface area contributed by atoms with E-state index in [1.807, 2.05) is 4.90 Å². The number of nitro benzene ring substituents is 1. The lowest BCUT2D eigenvalue weighted by Gasteiger charge is -2.29. The number of benzene rings is 1. The number of hydrogen-bond acceptors (Lipinski definition) is 9. The second kappa shape index (κ2) is 8.81. The Balaban J connectivity index is 2.39. The first-order valence-corrected chi connectivity index (χ1v) is 7.72. The Bertz CT molecular complexity index is 727. The van der Waals surface area contributed by atoms with Crippen LogP contribution in [0.3, 0.4) is 0 Å². The van der Waals surface area contributed by atoms with Crippen LogP contribution in [-0.4, -0.2) is 57.4 Å². The first-order valence-electron chi connectivity index (χ1n) is 7.72. The molecule has 0 atom stereocenters. The molecule has 0 unspecified atom stereocenters. The lowest BCUT2D eigenvalue weighted by molar-refractivity contribution is -0.383. The van der Waals surface area contributed by atoms with Gasteiger partial charge in [-0.05, 0) is 12.1 Å². The van der Waals surface area contributed by atoms with Gasteiger partial charge < -0.3 is 24.4 Å². The molecule has 1 aliphatic rings. The monoisotopic (exact) mass is 365 g/mol. The smallest absolute Gasteiger partial charge is 0.354 e. The molecule has 1 heterocycles. The van der Waals surface area contributed by atoms with Crippen LogP contribution >= 0.6 is 0 Å². The molecule has 0 aliphatic carbocycles. The molecule has 0 saturated carbocycles. The number of esters is 2. The van der Waals surface area contributed by atoms with Crippen LogP contribution in [0, 0.1) is 10.1 Å². The zero-order valence-electron chi connectivity index (χ0n) is 14.4. The van der Waals surface area contributed by atoms with Crippen molar-refractivity contribution in [3.05, 3.63) is 40.1 Å². The average Bonchev–Trinajstić information content (AvgIpc) is 2.67. The highest BCUT2D eigenvalue weighted by Crippen LogP contribution is 2.31. The highest BCUT2D eigenvalue weighted by Gasteiger charge is 2.21. The summed E-state index contributed by atoms with van der Waals surface area (Å²) in [5, 5.41) is 13.9. The summed E-state index contributed by atoms with van der Waals surface area (Å²) in [6.07, 6.45) is 0.872. The SMILES string of the molecule is COC(=O)/C=C(/Nc1cc(N2CCOCC2)ccc1[N+](=O)[O-])C(=O)OC. The molecule has 1 fully saturated rings. The van der Waals surface area contributed by atoms with Gasteiger partial charge in [0.15, 0.2) is 0 Å². The largest absolute Gasteiger partial charge is 0.466 e. The Morgan fingerprint density at radius 2 is 1.96 bits per heavy atom. The maximum Gasteiger partial charge on any atom is 0.354 e. The Morgan fingerprint density at radius 3 is 2.54 bits per heavy atom. The number of ether oxygens (including phenoxy) is 3. The predicted octanol–water partition coefficient (Wildman–Crippen LogP) is 1.07. The third kappa shape index (κ3) is 4.70. The van der Waals surface area contributed by atoms with Crippen LogP contribution in [0.1, 0.15) is 0 Å². The number of methoxy groups -OCH3 is 2. The van der Waals surface area contributed by atoms with Gasteiger partial charge in [-0.15, -0.1) is 0 Å². The summed E-state index contributed by atoms with van der Waals surface area (Å²) >= 11 is 0. The van der Waals surface area contributed by atoms with Crippen molar-refractivity contribution in [2.45, 2.75) is 0 Å². The molecular weight excluding hydrogens is 346 g/mol. The van der Waals surface area contributed by atoms with Gasteiger partial charge in [0.2, 0.25) is 0 Å². The summed E-state index contributed by atoms with van der Waals surface area (Å²) in [4.78, 5) is 36.1. The minimum absolute atomic E-state index is 0.0551. The summed E-state index contributed by atoms with van der Waals surface area (Å²) in [5.74, 6) is -1.66. The quantitative estimate of drug-likeness (QED) is 0.341. The van der Waals surface area contributed by atoms with Gasteiger partial charge in [-0.2, -0.15) is 0 Å². The number of morpholine rings is 1. The van der Waals surface area contributed by atoms with E-state index in [0.29, 0.717) is 26.3 Å². The molecule has 10 nitrogen and oxygen atoms in total. The zero-order valence-corrected chi connectivity index (χ0v) is 14.4. The number of nitro groups is 1. The molecule has 1 N–H and O–H groups in total. The van der Waals surface area contributed by atoms with E-state index >= 15 is 0 Å². The minimum atomic E-state index is -0.860. The molecule has 140 valence electrons. The maximum atomic E-state index is 11.9. The first kappa shape index (κ1) is 19.2. The van der Waals surface area contributed by atoms with E-state index in [4.69, 9.17) is 4.74 Å². The second-order valence-corrected chi connectivity index (χ2v) is 5.26. The molecule has 1 aliphatic heterocycles. The van der Waals surface area contributed by atoms with Gasteiger partial charge in [-0.1, -0.05) is 0 Å². The summed E-state index contributed by atoms with van der Waals surface area (Å²) in [7, 11) is 2.28. The van der Waals surface area contributed by atoms with E-state index in [9.17, 15) is 19.7 Å². The van der Waals surface area contributed by atoms with Gasteiger partial charge in [-0.25, -0.2) is 9.59 Å². The molecule has 10 heteroatoms. The minimum Gasteiger partial charge on any atom is -0.466 e. The molecule has 0 bridgehead atoms. The predicted molar refractivity (Wildman–Crippen MR) is 91.9 cm³/mol. The molecule has 1 aromatic rings. The van der Waals surface area contributed by atoms with Crippen molar-refractivity contribution in [1.82, 2.24) is 0 Å². The molecule has 1 aromatic carbocycles. The zero-order chi connectivity index (χ0) is 19.1. The Hall–Kier alpha value is -3.14. The van der Waals surface area contributed by atoms with Crippen LogP contribution in [0.2, 0.25) is 0 Å². The highest BCUT2D eigenvalue weighted by molar-refractivity contribution is 5.99. The Kier molecular flexibility index (Phi) is 6.50. The van der Waals surface area contributed by atoms with Crippen LogP contribution in [0.25, 0.3) is 0 Å². The Morgan fingerprint density at radius 1 is 1.27 bits per heavy atom. The lowest BCUT2D eigenvalue weighted by Crippen LogP contribution is -2.36. The lowest BCUT2D eigenvalue weighted by atomic mass is 10.2. The number of carbonyl (C=O) groups is 2. The van der Waals surface area contributed by atoms with Gasteiger partial charge in [0.1, 0.15) is 11.4 Å². The van der Waals surface area contributed by atoms with E-state index in [-0.39, 0.29) is 17.1 Å². The summed E-state index contributed by atoms with van der Waals surface area (Å²) in [6, 6.07) is 4.49. The van der Waals surface area contributed by atoms with Crippen molar-refractivity contribution in [2.24, 2.45) is 0 Å². The van der Waals surface area contributed by atoms with Crippen LogP contribution < -0.4 is 10.2 Å². The number of nitrogens with one attached hydrogen (secondary N) is 1. The van der Waals surface area contributed by atoms with Gasteiger partial charge in [0, 0.05) is 24.8 Å². The fourth-order valence-electron chi connectivity index (χ4n) is 2.38. The van der Waals surface area contributed by atoms with Crippen LogP contribution in [-0.2, 0) is 23.8 Å². The molecule has 0 spiro atoms. The van der Waals surface area contributed by atoms with E-state index in [2.05, 4.69) is 14.8 Å². The molecule has 26 heavy (non-hydrogen) atoms. The van der Waals surface area contributed by atoms with E-state index in [1.54, 1.807) is 6.07 Å². The summed E-state index contributed by atoms with van der Waals surface area (Å²) in [6.45, 7) is 2.38. The molecule has 0 aromatic heterocycles. The number of carbonyl (C=O) groups excluding carboxylic acids is 2. The molecule has 1 saturated heterocycles. The van der Waals surface area contributed by atoms with Gasteiger partial charge in [-0.3, -0.25) is 10.1 Å². The van der Waals surface area contributed by atoms with E-state index in [0.717, 1.165) is 26.0 Å². The normalized spacial score (nSPS) is 14.5. The van der Waals surface area contributed by atoms with Crippen LogP contribution in [0.15, 0.2) is 30.0 Å². The standard InChI is InChI=1S/C16H19N3O7/c1-24-15(20)10-13(16(21)25-2)17-12-9-11(3-4-14(12)19(22)23)18-5-7-26-8-6-18/h3-4,9-10,17H,5-8H2,1-2H3/b13-10+. The topological polar surface area (TPSA) is 120 Å². The maximum absolute atomic E-state index is 11.9. The summed E-state index contributed by atoms with van der Waals surface area (Å²) < 4.78 is 14.4. The number of nitrogens with zero attached hydrogens (tertiary/aromatic N) is 2. The van der Waals surface area contributed by atoms with Crippen molar-refractivity contribution in [2.75, 3.05) is 50.7 Å². The number of anilines is 2. The molecule has 0 amide bonds. The van der Waals surface area contributed by atoms with Crippen molar-refractivity contribution < 1.29 is 28.7 Å². The van der Waals surface area contributed by atoms with E-state index < -0.39 is 16.9 Å². The third-order valence-electron chi connectivity index (χ3n) is 3.69. The van der Waals surface area contributed by atoms with Crippen LogP contribution in [0.4, 0.5) is 17.1 Å². The van der Waals surface area contributed by atoms with Crippen molar-refractivity contribution in [3.8, 4) is 0 Å². The first-order chi connectivity index (χ1) is 12.5. The Labute approximate surface area is 149 Å². The van der Waals surface area contributed by atoms with Crippen molar-refractivity contribution >= 4 is 29.0 Å². The molecule has 0 radical (unpaired) electrons. The molecular formula is C16H19N3O7. The van der Waals surface area contributed by atoms with Crippen molar-refractivity contribution in [3.63, 3.8) is 0 Å². The number of hydrogen-bond donors (Lipinski definition) is 1. The van der Waals surface area contributed by atoms with Gasteiger partial charge >= 0.3 is 11.9 Å². The fraction of sp³-hybridized carbons (Fsp3) is 0.375. The van der Waals surface area contributed by atoms with Crippen molar-refractivity contribution in [1.29, 1.82) is 0 Å². The van der Waals surface area contributed by atoms with Crippen LogP contribution in [0.5, 0.6) is 0 Å². The van der Waals surface area contributed by atoms with E-state index in [1.165, 1.54) is 12.1 Å². The third-order valence-corrected chi connectivity index (χ3v) is 3.69. The van der Waals surface area contributed by atoms with Gasteiger partial charge in [0.25, 0.3) is 5.69 Å². The second-order valence-electron chi connectivity index (χ2n) is 5.26. The highest BCUT2D eigenvalue weighted by atomic mass is 16.6. The number of rotatable bonds is 6.